The minimum absolute atomic E-state index is 0.179. The second kappa shape index (κ2) is 6.15. The third kappa shape index (κ3) is 3.20. The fourth-order valence-corrected chi connectivity index (χ4v) is 1.76. The number of hydrogen-bond acceptors (Lipinski definition) is 5. The maximum absolute atomic E-state index is 10.6. The van der Waals surface area contributed by atoms with Crippen LogP contribution in [-0.4, -0.2) is 23.4 Å². The van der Waals surface area contributed by atoms with Gasteiger partial charge in [-0.15, -0.1) is 0 Å². The molecule has 2 aromatic rings. The van der Waals surface area contributed by atoms with Crippen molar-refractivity contribution < 1.29 is 9.53 Å². The summed E-state index contributed by atoms with van der Waals surface area (Å²) in [5, 5.41) is 3.28. The van der Waals surface area contributed by atoms with E-state index in [2.05, 4.69) is 15.3 Å². The number of pyridine rings is 2. The standard InChI is InChI=1S/C13H12ClN3O2/c1-19-13-9(3-2-6-15-13)7-16-11-5-4-10(8-18)12(14)17-11/h2-6,8H,7H2,1H3,(H,16,17). The van der Waals surface area contributed by atoms with Gasteiger partial charge in [-0.05, 0) is 18.2 Å². The molecule has 0 bridgehead atoms. The summed E-state index contributed by atoms with van der Waals surface area (Å²) < 4.78 is 5.15. The SMILES string of the molecule is COc1ncccc1CNc1ccc(C=O)c(Cl)n1. The van der Waals surface area contributed by atoms with E-state index < -0.39 is 0 Å². The highest BCUT2D eigenvalue weighted by molar-refractivity contribution is 6.31. The zero-order valence-corrected chi connectivity index (χ0v) is 11.0. The Labute approximate surface area is 115 Å². The van der Waals surface area contributed by atoms with E-state index in [9.17, 15) is 4.79 Å². The highest BCUT2D eigenvalue weighted by Crippen LogP contribution is 2.18. The molecule has 2 aromatic heterocycles. The molecule has 0 saturated heterocycles. The number of hydrogen-bond donors (Lipinski definition) is 1. The Kier molecular flexibility index (Phi) is 4.30. The largest absolute Gasteiger partial charge is 0.481 e. The number of anilines is 1. The Balaban J connectivity index is 2.10. The fraction of sp³-hybridized carbons (Fsp3) is 0.154. The van der Waals surface area contributed by atoms with Crippen molar-refractivity contribution >= 4 is 23.7 Å². The monoisotopic (exact) mass is 277 g/mol. The van der Waals surface area contributed by atoms with Gasteiger partial charge in [-0.25, -0.2) is 9.97 Å². The van der Waals surface area contributed by atoms with Gasteiger partial charge in [0.25, 0.3) is 0 Å². The summed E-state index contributed by atoms with van der Waals surface area (Å²) in [4.78, 5) is 18.8. The number of aromatic nitrogens is 2. The van der Waals surface area contributed by atoms with Crippen molar-refractivity contribution in [3.05, 3.63) is 46.7 Å². The first-order valence-electron chi connectivity index (χ1n) is 5.58. The third-order valence-corrected chi connectivity index (χ3v) is 2.81. The molecule has 0 unspecified atom stereocenters. The van der Waals surface area contributed by atoms with Crippen molar-refractivity contribution in [3.63, 3.8) is 0 Å². The Bertz CT molecular complexity index is 590. The molecule has 6 heteroatoms. The first-order chi connectivity index (χ1) is 9.24. The Hall–Kier alpha value is -2.14. The van der Waals surface area contributed by atoms with E-state index >= 15 is 0 Å². The van der Waals surface area contributed by atoms with Crippen molar-refractivity contribution in [2.24, 2.45) is 0 Å². The predicted molar refractivity (Wildman–Crippen MR) is 72.8 cm³/mol. The summed E-state index contributed by atoms with van der Waals surface area (Å²) in [5.41, 5.74) is 1.27. The quantitative estimate of drug-likeness (QED) is 0.672. The number of halogens is 1. The van der Waals surface area contributed by atoms with Gasteiger partial charge in [0.2, 0.25) is 5.88 Å². The van der Waals surface area contributed by atoms with Crippen LogP contribution in [0.4, 0.5) is 5.82 Å². The van der Waals surface area contributed by atoms with Crippen LogP contribution < -0.4 is 10.1 Å². The maximum Gasteiger partial charge on any atom is 0.218 e. The lowest BCUT2D eigenvalue weighted by Crippen LogP contribution is -2.04. The third-order valence-electron chi connectivity index (χ3n) is 2.51. The van der Waals surface area contributed by atoms with E-state index in [0.717, 1.165) is 5.56 Å². The molecule has 1 N–H and O–H groups in total. The van der Waals surface area contributed by atoms with Crippen molar-refractivity contribution in [3.8, 4) is 5.88 Å². The number of methoxy groups -OCH3 is 1. The molecule has 0 atom stereocenters. The number of rotatable bonds is 5. The van der Waals surface area contributed by atoms with Gasteiger partial charge in [0, 0.05) is 18.3 Å². The molecular weight excluding hydrogens is 266 g/mol. The summed E-state index contributed by atoms with van der Waals surface area (Å²) in [7, 11) is 1.57. The molecular formula is C13H12ClN3O2. The van der Waals surface area contributed by atoms with E-state index in [4.69, 9.17) is 16.3 Å². The van der Waals surface area contributed by atoms with E-state index in [1.165, 1.54) is 0 Å². The Morgan fingerprint density at radius 2 is 2.26 bits per heavy atom. The summed E-state index contributed by atoms with van der Waals surface area (Å²) in [5.74, 6) is 1.15. The summed E-state index contributed by atoms with van der Waals surface area (Å²) in [6, 6.07) is 7.04. The van der Waals surface area contributed by atoms with Crippen LogP contribution >= 0.6 is 11.6 Å². The summed E-state index contributed by atoms with van der Waals surface area (Å²) >= 11 is 5.85. The Morgan fingerprint density at radius 3 is 2.95 bits per heavy atom. The van der Waals surface area contributed by atoms with Gasteiger partial charge in [0.15, 0.2) is 6.29 Å². The molecule has 0 amide bonds. The molecule has 0 fully saturated rings. The first-order valence-corrected chi connectivity index (χ1v) is 5.96. The van der Waals surface area contributed by atoms with Crippen molar-refractivity contribution in [2.45, 2.75) is 6.54 Å². The lowest BCUT2D eigenvalue weighted by atomic mass is 10.2. The van der Waals surface area contributed by atoms with Gasteiger partial charge < -0.3 is 10.1 Å². The van der Waals surface area contributed by atoms with Gasteiger partial charge in [0.05, 0.1) is 12.7 Å². The molecule has 0 aliphatic rings. The van der Waals surface area contributed by atoms with Crippen molar-refractivity contribution in [1.82, 2.24) is 9.97 Å². The van der Waals surface area contributed by atoms with Crippen LogP contribution in [0.15, 0.2) is 30.5 Å². The molecule has 98 valence electrons. The molecule has 0 saturated carbocycles. The van der Waals surface area contributed by atoms with Crippen LogP contribution in [0.5, 0.6) is 5.88 Å². The zero-order chi connectivity index (χ0) is 13.7. The second-order valence-electron chi connectivity index (χ2n) is 3.72. The minimum Gasteiger partial charge on any atom is -0.481 e. The van der Waals surface area contributed by atoms with E-state index in [-0.39, 0.29) is 5.15 Å². The van der Waals surface area contributed by atoms with Crippen LogP contribution in [0.1, 0.15) is 15.9 Å². The average molecular weight is 278 g/mol. The number of carbonyl (C=O) groups is 1. The van der Waals surface area contributed by atoms with Gasteiger partial charge in [-0.1, -0.05) is 17.7 Å². The molecule has 0 radical (unpaired) electrons. The van der Waals surface area contributed by atoms with Crippen LogP contribution in [-0.2, 0) is 6.54 Å². The molecule has 0 aliphatic carbocycles. The number of nitrogens with one attached hydrogen (secondary N) is 1. The smallest absolute Gasteiger partial charge is 0.218 e. The predicted octanol–water partition coefficient (Wildman–Crippen LogP) is 2.56. The van der Waals surface area contributed by atoms with E-state index in [1.54, 1.807) is 25.4 Å². The topological polar surface area (TPSA) is 64.1 Å². The number of nitrogens with zero attached hydrogens (tertiary/aromatic N) is 2. The normalized spacial score (nSPS) is 10.0. The fourth-order valence-electron chi connectivity index (χ4n) is 1.56. The molecule has 0 aliphatic heterocycles. The zero-order valence-electron chi connectivity index (χ0n) is 10.3. The summed E-state index contributed by atoms with van der Waals surface area (Å²) in [6.07, 6.45) is 2.33. The van der Waals surface area contributed by atoms with Crippen LogP contribution in [0.2, 0.25) is 5.15 Å². The van der Waals surface area contributed by atoms with Crippen LogP contribution in [0.25, 0.3) is 0 Å². The van der Waals surface area contributed by atoms with Crippen molar-refractivity contribution in [1.29, 1.82) is 0 Å². The maximum atomic E-state index is 10.6. The molecule has 2 heterocycles. The average Bonchev–Trinajstić information content (AvgIpc) is 2.45. The highest BCUT2D eigenvalue weighted by atomic mass is 35.5. The first kappa shape index (κ1) is 13.3. The summed E-state index contributed by atoms with van der Waals surface area (Å²) in [6.45, 7) is 0.501. The number of aldehydes is 1. The Morgan fingerprint density at radius 1 is 1.42 bits per heavy atom. The second-order valence-corrected chi connectivity index (χ2v) is 4.08. The molecule has 0 aromatic carbocycles. The number of carbonyl (C=O) groups excluding carboxylic acids is 1. The lowest BCUT2D eigenvalue weighted by molar-refractivity contribution is 0.112. The van der Waals surface area contributed by atoms with Gasteiger partial charge in [-0.3, -0.25) is 4.79 Å². The van der Waals surface area contributed by atoms with Gasteiger partial charge in [0.1, 0.15) is 11.0 Å². The van der Waals surface area contributed by atoms with Gasteiger partial charge in [-0.2, -0.15) is 0 Å². The van der Waals surface area contributed by atoms with E-state index in [1.807, 2.05) is 12.1 Å². The lowest BCUT2D eigenvalue weighted by Gasteiger charge is -2.09. The van der Waals surface area contributed by atoms with Crippen LogP contribution in [0.3, 0.4) is 0 Å². The van der Waals surface area contributed by atoms with Gasteiger partial charge >= 0.3 is 0 Å². The molecule has 0 spiro atoms. The van der Waals surface area contributed by atoms with Crippen molar-refractivity contribution in [2.75, 3.05) is 12.4 Å². The van der Waals surface area contributed by atoms with E-state index in [0.29, 0.717) is 30.1 Å². The van der Waals surface area contributed by atoms with Crippen LogP contribution in [0, 0.1) is 0 Å². The molecule has 2 rings (SSSR count). The number of ether oxygens (including phenoxy) is 1. The highest BCUT2D eigenvalue weighted by Gasteiger charge is 2.05. The molecule has 19 heavy (non-hydrogen) atoms. The minimum atomic E-state index is 0.179. The molecule has 5 nitrogen and oxygen atoms in total.